The molecule has 0 radical (unpaired) electrons. The van der Waals surface area contributed by atoms with E-state index in [2.05, 4.69) is 24.3 Å². The molecule has 1 N–H and O–H groups in total. The Morgan fingerprint density at radius 2 is 1.76 bits per heavy atom. The monoisotopic (exact) mass is 335 g/mol. The van der Waals surface area contributed by atoms with E-state index in [0.717, 1.165) is 10.9 Å². The van der Waals surface area contributed by atoms with Crippen LogP contribution in [0.3, 0.4) is 0 Å². The van der Waals surface area contributed by atoms with E-state index in [0.29, 0.717) is 5.39 Å². The zero-order valence-electron chi connectivity index (χ0n) is 14.3. The molecule has 1 atom stereocenters. The molecule has 5 heteroatoms. The van der Waals surface area contributed by atoms with E-state index in [1.807, 2.05) is 42.5 Å². The molecular weight excluding hydrogens is 314 g/mol. The Bertz CT molecular complexity index is 932. The number of rotatable bonds is 5. The minimum atomic E-state index is -0.256. The van der Waals surface area contributed by atoms with E-state index in [9.17, 15) is 9.59 Å². The largest absolute Gasteiger partial charge is 0.347 e. The molecule has 0 aliphatic heterocycles. The Morgan fingerprint density at radius 3 is 2.48 bits per heavy atom. The van der Waals surface area contributed by atoms with Gasteiger partial charge in [0, 0.05) is 5.39 Å². The van der Waals surface area contributed by atoms with Crippen molar-refractivity contribution >= 4 is 16.7 Å². The Kier molecular flexibility index (Phi) is 4.93. The van der Waals surface area contributed by atoms with Crippen molar-refractivity contribution in [3.05, 3.63) is 76.7 Å². The van der Waals surface area contributed by atoms with Crippen LogP contribution in [0.1, 0.15) is 25.5 Å². The first kappa shape index (κ1) is 16.9. The molecule has 0 spiro atoms. The first-order valence-electron chi connectivity index (χ1n) is 8.35. The number of aromatic nitrogens is 2. The van der Waals surface area contributed by atoms with E-state index in [1.165, 1.54) is 4.68 Å². The van der Waals surface area contributed by atoms with Crippen molar-refractivity contribution in [2.24, 2.45) is 5.92 Å². The van der Waals surface area contributed by atoms with Gasteiger partial charge in [-0.15, -0.1) is 0 Å². The average Bonchev–Trinajstić information content (AvgIpc) is 2.63. The number of hydrogen-bond donors (Lipinski definition) is 1. The van der Waals surface area contributed by atoms with Crippen molar-refractivity contribution in [1.82, 2.24) is 15.1 Å². The lowest BCUT2D eigenvalue weighted by Gasteiger charge is -2.23. The number of amides is 1. The fourth-order valence-electron chi connectivity index (χ4n) is 2.89. The number of fused-ring (bicyclic) bond motifs is 1. The number of carbonyl (C=O) groups is 1. The summed E-state index contributed by atoms with van der Waals surface area (Å²) in [5, 5.41) is 8.47. The zero-order chi connectivity index (χ0) is 17.8. The number of hydrogen-bond acceptors (Lipinski definition) is 3. The molecule has 3 aromatic rings. The van der Waals surface area contributed by atoms with Crippen LogP contribution in [0.15, 0.2) is 65.6 Å². The van der Waals surface area contributed by atoms with Crippen LogP contribution in [-0.2, 0) is 11.3 Å². The first-order valence-corrected chi connectivity index (χ1v) is 8.35. The molecule has 128 valence electrons. The highest BCUT2D eigenvalue weighted by molar-refractivity contribution is 5.81. The molecule has 1 aromatic heterocycles. The second-order valence-corrected chi connectivity index (χ2v) is 6.39. The second-order valence-electron chi connectivity index (χ2n) is 6.39. The summed E-state index contributed by atoms with van der Waals surface area (Å²) in [4.78, 5) is 25.0. The summed E-state index contributed by atoms with van der Waals surface area (Å²) < 4.78 is 1.21. The number of nitrogens with zero attached hydrogens (tertiary/aromatic N) is 2. The molecule has 0 saturated carbocycles. The van der Waals surface area contributed by atoms with Crippen molar-refractivity contribution in [3.63, 3.8) is 0 Å². The van der Waals surface area contributed by atoms with Crippen LogP contribution in [0.4, 0.5) is 0 Å². The molecule has 0 fully saturated rings. The molecule has 2 aromatic carbocycles. The molecule has 1 amide bonds. The van der Waals surface area contributed by atoms with Crippen LogP contribution in [0.5, 0.6) is 0 Å². The SMILES string of the molecule is CC(C)C(NC(=O)Cn1ncc2ccccc2c1=O)c1ccccc1. The van der Waals surface area contributed by atoms with Gasteiger partial charge in [0.05, 0.1) is 17.6 Å². The highest BCUT2D eigenvalue weighted by Gasteiger charge is 2.19. The maximum absolute atomic E-state index is 12.5. The molecule has 0 bridgehead atoms. The topological polar surface area (TPSA) is 64.0 Å². The van der Waals surface area contributed by atoms with Gasteiger partial charge in [-0.2, -0.15) is 5.10 Å². The quantitative estimate of drug-likeness (QED) is 0.780. The van der Waals surface area contributed by atoms with Crippen molar-refractivity contribution in [2.75, 3.05) is 0 Å². The van der Waals surface area contributed by atoms with Crippen LogP contribution in [-0.4, -0.2) is 15.7 Å². The minimum absolute atomic E-state index is 0.0975. The summed E-state index contributed by atoms with van der Waals surface area (Å²) in [5.74, 6) is 0.0000637. The maximum atomic E-state index is 12.5. The third kappa shape index (κ3) is 3.76. The van der Waals surface area contributed by atoms with Gasteiger partial charge in [-0.3, -0.25) is 9.59 Å². The molecule has 1 heterocycles. The van der Waals surface area contributed by atoms with Gasteiger partial charge in [-0.25, -0.2) is 4.68 Å². The fourth-order valence-corrected chi connectivity index (χ4v) is 2.89. The van der Waals surface area contributed by atoms with Crippen LogP contribution < -0.4 is 10.9 Å². The summed E-state index contributed by atoms with van der Waals surface area (Å²) in [5.41, 5.74) is 0.790. The second kappa shape index (κ2) is 7.30. The lowest BCUT2D eigenvalue weighted by atomic mass is 9.96. The van der Waals surface area contributed by atoms with Gasteiger partial charge in [-0.1, -0.05) is 62.4 Å². The van der Waals surface area contributed by atoms with Gasteiger partial charge in [0.15, 0.2) is 0 Å². The fraction of sp³-hybridized carbons (Fsp3) is 0.250. The lowest BCUT2D eigenvalue weighted by Crippen LogP contribution is -2.37. The lowest BCUT2D eigenvalue weighted by molar-refractivity contribution is -0.123. The molecule has 0 saturated heterocycles. The van der Waals surface area contributed by atoms with Crippen molar-refractivity contribution in [3.8, 4) is 0 Å². The molecule has 25 heavy (non-hydrogen) atoms. The molecule has 0 aliphatic rings. The molecular formula is C20H21N3O2. The Morgan fingerprint density at radius 1 is 1.08 bits per heavy atom. The van der Waals surface area contributed by atoms with Crippen LogP contribution >= 0.6 is 0 Å². The van der Waals surface area contributed by atoms with Crippen molar-refractivity contribution in [1.29, 1.82) is 0 Å². The van der Waals surface area contributed by atoms with E-state index < -0.39 is 0 Å². The van der Waals surface area contributed by atoms with Crippen molar-refractivity contribution < 1.29 is 4.79 Å². The van der Waals surface area contributed by atoms with Gasteiger partial charge in [0.2, 0.25) is 5.91 Å². The highest BCUT2D eigenvalue weighted by atomic mass is 16.2. The predicted octanol–water partition coefficient (Wildman–Crippen LogP) is 2.91. The van der Waals surface area contributed by atoms with Crippen LogP contribution in [0, 0.1) is 5.92 Å². The highest BCUT2D eigenvalue weighted by Crippen LogP contribution is 2.21. The van der Waals surface area contributed by atoms with Gasteiger partial charge < -0.3 is 5.32 Å². The zero-order valence-corrected chi connectivity index (χ0v) is 14.3. The Labute approximate surface area is 146 Å². The van der Waals surface area contributed by atoms with Crippen molar-refractivity contribution in [2.45, 2.75) is 26.4 Å². The third-order valence-corrected chi connectivity index (χ3v) is 4.20. The Balaban J connectivity index is 1.80. The molecule has 3 rings (SSSR count). The Hall–Kier alpha value is -2.95. The maximum Gasteiger partial charge on any atom is 0.275 e. The van der Waals surface area contributed by atoms with Gasteiger partial charge in [0.25, 0.3) is 5.56 Å². The summed E-state index contributed by atoms with van der Waals surface area (Å²) in [6, 6.07) is 17.0. The average molecular weight is 335 g/mol. The standard InChI is InChI=1S/C20H21N3O2/c1-14(2)19(15-8-4-3-5-9-15)22-18(24)13-23-20(25)17-11-7-6-10-16(17)12-21-23/h3-12,14,19H,13H2,1-2H3,(H,22,24). The van der Waals surface area contributed by atoms with Gasteiger partial charge in [-0.05, 0) is 17.5 Å². The predicted molar refractivity (Wildman–Crippen MR) is 98.2 cm³/mol. The van der Waals surface area contributed by atoms with Gasteiger partial charge in [0.1, 0.15) is 6.54 Å². The van der Waals surface area contributed by atoms with Crippen LogP contribution in [0.25, 0.3) is 10.8 Å². The normalized spacial score (nSPS) is 12.3. The summed E-state index contributed by atoms with van der Waals surface area (Å²) >= 11 is 0. The van der Waals surface area contributed by atoms with E-state index >= 15 is 0 Å². The van der Waals surface area contributed by atoms with Crippen LogP contribution in [0.2, 0.25) is 0 Å². The number of benzene rings is 2. The minimum Gasteiger partial charge on any atom is -0.347 e. The third-order valence-electron chi connectivity index (χ3n) is 4.20. The summed E-state index contributed by atoms with van der Waals surface area (Å²) in [6.45, 7) is 4.01. The number of nitrogens with one attached hydrogen (secondary N) is 1. The van der Waals surface area contributed by atoms with Gasteiger partial charge >= 0.3 is 0 Å². The van der Waals surface area contributed by atoms with E-state index in [-0.39, 0.29) is 30.0 Å². The van der Waals surface area contributed by atoms with E-state index in [1.54, 1.807) is 18.3 Å². The first-order chi connectivity index (χ1) is 12.1. The summed E-state index contributed by atoms with van der Waals surface area (Å²) in [7, 11) is 0. The molecule has 0 aliphatic carbocycles. The molecule has 5 nitrogen and oxygen atoms in total. The smallest absolute Gasteiger partial charge is 0.275 e. The summed E-state index contributed by atoms with van der Waals surface area (Å²) in [6.07, 6.45) is 1.61. The number of carbonyl (C=O) groups excluding carboxylic acids is 1. The molecule has 1 unspecified atom stereocenters. The van der Waals surface area contributed by atoms with E-state index in [4.69, 9.17) is 0 Å².